The minimum atomic E-state index is -2.50. The Hall–Kier alpha value is -2.82. The molecule has 1 aliphatic carbocycles. The average molecular weight is 510 g/mol. The summed E-state index contributed by atoms with van der Waals surface area (Å²) in [6.45, 7) is 10.4. The topological polar surface area (TPSA) is 100 Å². The molecule has 3 aliphatic rings. The number of hydrogen-bond acceptors (Lipinski definition) is 7. The Labute approximate surface area is 212 Å². The molecular weight excluding hydrogens is 468 g/mol. The predicted octanol–water partition coefficient (Wildman–Crippen LogP) is 5.46. The molecule has 0 spiro atoms. The minimum absolute atomic E-state index is 0.164. The molecule has 2 aliphatic heterocycles. The van der Waals surface area contributed by atoms with Gasteiger partial charge in [0.15, 0.2) is 12.1 Å². The van der Waals surface area contributed by atoms with E-state index in [2.05, 4.69) is 37.4 Å². The largest absolute Gasteiger partial charge is 0.385 e. The number of aldehydes is 1. The van der Waals surface area contributed by atoms with Gasteiger partial charge in [0, 0.05) is 26.6 Å². The minimum Gasteiger partial charge on any atom is -0.385 e. The number of nitrogens with one attached hydrogen (secondary N) is 2. The first kappa shape index (κ1) is 29.4. The van der Waals surface area contributed by atoms with Crippen LogP contribution in [0.3, 0.4) is 0 Å². The number of morpholine rings is 1. The summed E-state index contributed by atoms with van der Waals surface area (Å²) in [4.78, 5) is 17.7. The van der Waals surface area contributed by atoms with Crippen LogP contribution in [0, 0.1) is 5.92 Å². The van der Waals surface area contributed by atoms with Crippen LogP contribution in [0.4, 0.5) is 20.3 Å². The van der Waals surface area contributed by atoms with Crippen LogP contribution in [0.25, 0.3) is 0 Å². The number of aromatic amines is 1. The van der Waals surface area contributed by atoms with E-state index in [0.717, 1.165) is 57.3 Å². The third kappa shape index (κ3) is 8.69. The van der Waals surface area contributed by atoms with Gasteiger partial charge >= 0.3 is 0 Å². The monoisotopic (exact) mass is 509 g/mol. The molecule has 0 amide bonds. The van der Waals surface area contributed by atoms with Crippen LogP contribution in [-0.2, 0) is 11.3 Å². The average Bonchev–Trinajstić information content (AvgIpc) is 3.58. The van der Waals surface area contributed by atoms with Crippen molar-refractivity contribution in [3.8, 4) is 0 Å². The highest BCUT2D eigenvalue weighted by molar-refractivity contribution is 5.89. The summed E-state index contributed by atoms with van der Waals surface area (Å²) in [5.41, 5.74) is 0.743. The van der Waals surface area contributed by atoms with Gasteiger partial charge in [0.2, 0.25) is 0 Å². The third-order valence-electron chi connectivity index (χ3n) is 6.17. The van der Waals surface area contributed by atoms with Gasteiger partial charge in [-0.15, -0.1) is 0 Å². The predicted molar refractivity (Wildman–Crippen MR) is 138 cm³/mol. The first-order valence-electron chi connectivity index (χ1n) is 12.9. The number of hydrogen-bond donors (Lipinski definition) is 2. The number of halogens is 2. The maximum atomic E-state index is 11.9. The van der Waals surface area contributed by atoms with E-state index in [1.165, 1.54) is 38.3 Å². The number of rotatable bonds is 3. The Morgan fingerprint density at radius 2 is 1.83 bits per heavy atom. The van der Waals surface area contributed by atoms with E-state index < -0.39 is 6.43 Å². The van der Waals surface area contributed by atoms with Crippen LogP contribution in [-0.4, -0.2) is 70.4 Å². The van der Waals surface area contributed by atoms with E-state index in [4.69, 9.17) is 4.74 Å². The summed E-state index contributed by atoms with van der Waals surface area (Å²) in [5, 5.41) is 12.4. The van der Waals surface area contributed by atoms with Crippen LogP contribution in [0.5, 0.6) is 0 Å². The van der Waals surface area contributed by atoms with Crippen LogP contribution in [0.15, 0.2) is 17.4 Å². The fourth-order valence-corrected chi connectivity index (χ4v) is 4.17. The number of carbonyl (C=O) groups excluding carboxylic acids is 1. The van der Waals surface area contributed by atoms with E-state index in [1.807, 2.05) is 13.8 Å². The lowest BCUT2D eigenvalue weighted by molar-refractivity contribution is 0.0669. The molecule has 9 nitrogen and oxygen atoms in total. The molecule has 0 aromatic carbocycles. The summed E-state index contributed by atoms with van der Waals surface area (Å²) in [6.07, 6.45) is 9.52. The Morgan fingerprint density at radius 1 is 1.14 bits per heavy atom. The number of amidine groups is 1. The second kappa shape index (κ2) is 16.0. The van der Waals surface area contributed by atoms with E-state index in [0.29, 0.717) is 17.1 Å². The zero-order chi connectivity index (χ0) is 26.3. The van der Waals surface area contributed by atoms with Crippen molar-refractivity contribution in [1.29, 1.82) is 0 Å². The Kier molecular flexibility index (Phi) is 13.1. The van der Waals surface area contributed by atoms with Crippen molar-refractivity contribution in [3.05, 3.63) is 23.7 Å². The molecule has 0 unspecified atom stereocenters. The highest BCUT2D eigenvalue weighted by Crippen LogP contribution is 2.24. The van der Waals surface area contributed by atoms with Gasteiger partial charge in [-0.05, 0) is 5.92 Å². The molecule has 0 atom stereocenters. The Morgan fingerprint density at radius 3 is 2.36 bits per heavy atom. The van der Waals surface area contributed by atoms with E-state index >= 15 is 0 Å². The SMILES string of the molecule is CC.CC1CCCCC1.CNc1cn[nH]c1C(F)F.O=Cc1cnn2c1N=C(N1CCOCC1)CC2. The molecule has 36 heavy (non-hydrogen) atoms. The number of alkyl halides is 2. The second-order valence-electron chi connectivity index (χ2n) is 8.63. The summed E-state index contributed by atoms with van der Waals surface area (Å²) in [5.74, 6) is 2.77. The van der Waals surface area contributed by atoms with Gasteiger partial charge in [0.1, 0.15) is 11.5 Å². The van der Waals surface area contributed by atoms with Crippen molar-refractivity contribution in [2.24, 2.45) is 10.9 Å². The number of carbonyl (C=O) groups is 1. The quantitative estimate of drug-likeness (QED) is 0.533. The van der Waals surface area contributed by atoms with Gasteiger partial charge in [-0.1, -0.05) is 52.9 Å². The summed E-state index contributed by atoms with van der Waals surface area (Å²) in [6, 6.07) is 0. The first-order valence-corrected chi connectivity index (χ1v) is 12.9. The number of fused-ring (bicyclic) bond motifs is 1. The number of aromatic nitrogens is 4. The number of aliphatic imine (C=N–C) groups is 1. The van der Waals surface area contributed by atoms with Crippen LogP contribution in [0.2, 0.25) is 0 Å². The van der Waals surface area contributed by atoms with E-state index in [9.17, 15) is 13.6 Å². The smallest absolute Gasteiger partial charge is 0.281 e. The Bertz CT molecular complexity index is 917. The third-order valence-corrected chi connectivity index (χ3v) is 6.17. The lowest BCUT2D eigenvalue weighted by Gasteiger charge is -2.31. The van der Waals surface area contributed by atoms with Crippen molar-refractivity contribution in [3.63, 3.8) is 0 Å². The molecule has 5 rings (SSSR count). The number of H-pyrrole nitrogens is 1. The maximum absolute atomic E-state index is 11.9. The summed E-state index contributed by atoms with van der Waals surface area (Å²) in [7, 11) is 1.57. The van der Waals surface area contributed by atoms with Crippen LogP contribution in [0.1, 0.15) is 81.8 Å². The molecule has 2 aromatic rings. The molecular formula is C25H41F2N7O2. The fraction of sp³-hybridized carbons (Fsp3) is 0.680. The lowest BCUT2D eigenvalue weighted by atomic mass is 9.91. The van der Waals surface area contributed by atoms with E-state index in [-0.39, 0.29) is 5.69 Å². The number of anilines is 1. The highest BCUT2D eigenvalue weighted by Gasteiger charge is 2.21. The molecule has 0 radical (unpaired) electrons. The first-order chi connectivity index (χ1) is 17.5. The molecule has 1 saturated carbocycles. The number of nitrogens with zero attached hydrogens (tertiary/aromatic N) is 5. The van der Waals surface area contributed by atoms with Gasteiger partial charge in [-0.3, -0.25) is 9.89 Å². The molecule has 202 valence electrons. The van der Waals surface area contributed by atoms with E-state index in [1.54, 1.807) is 17.9 Å². The standard InChI is InChI=1S/C11H14N4O2.C7H14.C5H7F2N3.C2H6/c16-8-9-7-12-15-2-1-10(13-11(9)15)14-3-5-17-6-4-14;1-7-5-3-2-4-6-7;1-8-3-2-9-10-4(3)5(6)7;1-2/h7-8H,1-6H2;7H,2-6H2,1H3;2,5,8H,1H3,(H,9,10);1-2H3. The van der Waals surface area contributed by atoms with Gasteiger partial charge in [-0.2, -0.15) is 10.2 Å². The molecule has 0 bridgehead atoms. The fourth-order valence-electron chi connectivity index (χ4n) is 4.17. The van der Waals surface area contributed by atoms with Crippen LogP contribution < -0.4 is 5.32 Å². The van der Waals surface area contributed by atoms with Crippen molar-refractivity contribution in [2.45, 2.75) is 72.3 Å². The Balaban J connectivity index is 0.000000204. The number of aryl methyl sites for hydroxylation is 1. The van der Waals surface area contributed by atoms with Crippen molar-refractivity contribution in [1.82, 2.24) is 24.9 Å². The van der Waals surface area contributed by atoms with Gasteiger partial charge in [-0.25, -0.2) is 18.5 Å². The second-order valence-corrected chi connectivity index (χ2v) is 8.63. The van der Waals surface area contributed by atoms with Gasteiger partial charge < -0.3 is 15.0 Å². The highest BCUT2D eigenvalue weighted by atomic mass is 19.3. The van der Waals surface area contributed by atoms with Crippen molar-refractivity contribution >= 4 is 23.6 Å². The van der Waals surface area contributed by atoms with Crippen LogP contribution >= 0.6 is 0 Å². The molecule has 1 saturated heterocycles. The zero-order valence-corrected chi connectivity index (χ0v) is 22.0. The molecule has 2 N–H and O–H groups in total. The summed E-state index contributed by atoms with van der Waals surface area (Å²) < 4.78 is 31.0. The lowest BCUT2D eigenvalue weighted by Crippen LogP contribution is -2.41. The van der Waals surface area contributed by atoms with Crippen molar-refractivity contribution < 1.29 is 18.3 Å². The summed E-state index contributed by atoms with van der Waals surface area (Å²) >= 11 is 0. The molecule has 11 heteroatoms. The normalized spacial score (nSPS) is 17.3. The van der Waals surface area contributed by atoms with Crippen molar-refractivity contribution in [2.75, 3.05) is 38.7 Å². The zero-order valence-electron chi connectivity index (χ0n) is 22.0. The van der Waals surface area contributed by atoms with Gasteiger partial charge in [0.25, 0.3) is 6.43 Å². The molecule has 4 heterocycles. The van der Waals surface area contributed by atoms with Gasteiger partial charge in [0.05, 0.1) is 43.4 Å². The molecule has 2 aromatic heterocycles. The number of ether oxygens (including phenoxy) is 1. The molecule has 2 fully saturated rings. The maximum Gasteiger partial charge on any atom is 0.281 e.